The molecule has 2 N–H and O–H groups in total. The van der Waals surface area contributed by atoms with Gasteiger partial charge in [-0.15, -0.1) is 0 Å². The van der Waals surface area contributed by atoms with Gasteiger partial charge in [0.25, 0.3) is 0 Å². The maximum atomic E-state index is 11.0. The van der Waals surface area contributed by atoms with Gasteiger partial charge in [0, 0.05) is 17.6 Å². The Kier molecular flexibility index (Phi) is 4.79. The molecule has 29 heavy (non-hydrogen) atoms. The molecule has 0 unspecified atom stereocenters. The van der Waals surface area contributed by atoms with Crippen LogP contribution in [0.5, 0.6) is 11.5 Å². The van der Waals surface area contributed by atoms with Crippen LogP contribution >= 0.6 is 0 Å². The predicted octanol–water partition coefficient (Wildman–Crippen LogP) is 4.45. The molecule has 4 bridgehead atoms. The highest BCUT2D eigenvalue weighted by Crippen LogP contribution is 2.57. The van der Waals surface area contributed by atoms with Gasteiger partial charge in [-0.05, 0) is 62.0 Å². The van der Waals surface area contributed by atoms with Crippen molar-refractivity contribution < 1.29 is 14.6 Å². The van der Waals surface area contributed by atoms with Crippen LogP contribution in [-0.2, 0) is 13.2 Å². The second kappa shape index (κ2) is 7.33. The molecule has 4 saturated carbocycles. The Hall–Kier alpha value is -2.04. The number of para-hydroxylation sites is 1. The standard InChI is InChI=1S/C25H31NO3/c1-28-22-9-5-8-21(23(22)29-16-18-6-3-2-4-7-18)15-26-24-11-19-10-20(12-24)14-25(27,13-19)17-24/h2-9,19-20,26-27H,10-17H2,1H3/t19-,20-,24?,25?/m1/s1. The third-order valence-electron chi connectivity index (χ3n) is 7.19. The number of hydrogen-bond donors (Lipinski definition) is 2. The van der Waals surface area contributed by atoms with E-state index in [1.807, 2.05) is 30.3 Å². The molecular formula is C25H31NO3. The topological polar surface area (TPSA) is 50.7 Å². The lowest BCUT2D eigenvalue weighted by atomic mass is 9.51. The van der Waals surface area contributed by atoms with E-state index in [1.54, 1.807) is 7.11 Å². The monoisotopic (exact) mass is 393 g/mol. The molecule has 0 aliphatic heterocycles. The summed E-state index contributed by atoms with van der Waals surface area (Å²) in [6.07, 6.45) is 6.56. The van der Waals surface area contributed by atoms with Gasteiger partial charge in [-0.3, -0.25) is 0 Å². The second-order valence-electron chi connectivity index (χ2n) is 9.54. The summed E-state index contributed by atoms with van der Waals surface area (Å²) in [4.78, 5) is 0. The van der Waals surface area contributed by atoms with Crippen LogP contribution in [0.2, 0.25) is 0 Å². The van der Waals surface area contributed by atoms with Crippen molar-refractivity contribution in [2.75, 3.05) is 7.11 Å². The molecule has 2 aromatic rings. The van der Waals surface area contributed by atoms with Crippen LogP contribution in [0.4, 0.5) is 0 Å². The van der Waals surface area contributed by atoms with Crippen molar-refractivity contribution in [3.63, 3.8) is 0 Å². The van der Waals surface area contributed by atoms with E-state index in [0.717, 1.165) is 48.4 Å². The van der Waals surface area contributed by atoms with Crippen molar-refractivity contribution in [2.24, 2.45) is 11.8 Å². The number of rotatable bonds is 7. The Morgan fingerprint density at radius 1 is 1.00 bits per heavy atom. The number of nitrogens with one attached hydrogen (secondary N) is 1. The lowest BCUT2D eigenvalue weighted by Gasteiger charge is -2.60. The van der Waals surface area contributed by atoms with Crippen LogP contribution in [0.25, 0.3) is 0 Å². The first kappa shape index (κ1) is 19.0. The average molecular weight is 394 g/mol. The predicted molar refractivity (Wildman–Crippen MR) is 113 cm³/mol. The molecule has 0 spiro atoms. The molecule has 4 fully saturated rings. The van der Waals surface area contributed by atoms with Crippen molar-refractivity contribution in [2.45, 2.75) is 62.8 Å². The molecule has 154 valence electrons. The molecule has 6 rings (SSSR count). The Bertz CT molecular complexity index is 852. The second-order valence-corrected chi connectivity index (χ2v) is 9.54. The summed E-state index contributed by atoms with van der Waals surface area (Å²) in [6, 6.07) is 16.3. The fourth-order valence-electron chi connectivity index (χ4n) is 6.46. The molecule has 4 heteroatoms. The molecule has 2 atom stereocenters. The molecule has 0 heterocycles. The summed E-state index contributed by atoms with van der Waals surface area (Å²) in [5.74, 6) is 2.93. The Balaban J connectivity index is 1.33. The number of aliphatic hydroxyl groups is 1. The minimum Gasteiger partial charge on any atom is -0.493 e. The zero-order valence-corrected chi connectivity index (χ0v) is 17.2. The summed E-state index contributed by atoms with van der Waals surface area (Å²) < 4.78 is 11.8. The largest absolute Gasteiger partial charge is 0.493 e. The highest BCUT2D eigenvalue weighted by atomic mass is 16.5. The summed E-state index contributed by atoms with van der Waals surface area (Å²) in [5.41, 5.74) is 1.88. The van der Waals surface area contributed by atoms with Gasteiger partial charge in [0.15, 0.2) is 11.5 Å². The summed E-state index contributed by atoms with van der Waals surface area (Å²) in [7, 11) is 1.69. The van der Waals surface area contributed by atoms with Crippen LogP contribution in [0.1, 0.15) is 49.7 Å². The van der Waals surface area contributed by atoms with Crippen LogP contribution in [0.15, 0.2) is 48.5 Å². The zero-order valence-electron chi connectivity index (χ0n) is 17.2. The molecule has 4 nitrogen and oxygen atoms in total. The van der Waals surface area contributed by atoms with E-state index in [0.29, 0.717) is 18.4 Å². The molecule has 4 aliphatic carbocycles. The van der Waals surface area contributed by atoms with Gasteiger partial charge in [-0.25, -0.2) is 0 Å². The van der Waals surface area contributed by atoms with Crippen LogP contribution in [0.3, 0.4) is 0 Å². The van der Waals surface area contributed by atoms with Crippen LogP contribution in [-0.4, -0.2) is 23.4 Å². The highest BCUT2D eigenvalue weighted by Gasteiger charge is 2.56. The number of ether oxygens (including phenoxy) is 2. The van der Waals surface area contributed by atoms with Gasteiger partial charge in [-0.2, -0.15) is 0 Å². The third kappa shape index (κ3) is 3.76. The molecule has 0 amide bonds. The summed E-state index contributed by atoms with van der Waals surface area (Å²) in [5, 5.41) is 14.9. The maximum absolute atomic E-state index is 11.0. The van der Waals surface area contributed by atoms with E-state index in [2.05, 4.69) is 23.5 Å². The molecular weight excluding hydrogens is 362 g/mol. The van der Waals surface area contributed by atoms with Crippen molar-refractivity contribution in [1.29, 1.82) is 0 Å². The SMILES string of the molecule is COc1cccc(CNC23C[C@H]4C[C@@H](CC(O)(C4)C2)C3)c1OCc1ccccc1. The number of methoxy groups -OCH3 is 1. The normalized spacial score (nSPS) is 32.3. The van der Waals surface area contributed by atoms with E-state index in [-0.39, 0.29) is 5.54 Å². The van der Waals surface area contributed by atoms with Gasteiger partial charge < -0.3 is 19.9 Å². The lowest BCUT2D eigenvalue weighted by Crippen LogP contribution is -2.64. The van der Waals surface area contributed by atoms with Gasteiger partial charge in [0.1, 0.15) is 6.61 Å². The Morgan fingerprint density at radius 2 is 1.76 bits per heavy atom. The van der Waals surface area contributed by atoms with Gasteiger partial charge in [0.05, 0.1) is 12.7 Å². The number of benzene rings is 2. The minimum atomic E-state index is -0.446. The first-order valence-corrected chi connectivity index (χ1v) is 10.9. The summed E-state index contributed by atoms with van der Waals surface area (Å²) in [6.45, 7) is 1.25. The zero-order chi connectivity index (χ0) is 19.9. The quantitative estimate of drug-likeness (QED) is 0.730. The van der Waals surface area contributed by atoms with Crippen LogP contribution in [0, 0.1) is 11.8 Å². The van der Waals surface area contributed by atoms with Crippen molar-refractivity contribution in [1.82, 2.24) is 5.32 Å². The van der Waals surface area contributed by atoms with E-state index >= 15 is 0 Å². The summed E-state index contributed by atoms with van der Waals surface area (Å²) >= 11 is 0. The first-order valence-electron chi connectivity index (χ1n) is 10.9. The third-order valence-corrected chi connectivity index (χ3v) is 7.19. The first-order chi connectivity index (χ1) is 14.1. The highest BCUT2D eigenvalue weighted by molar-refractivity contribution is 5.47. The minimum absolute atomic E-state index is 0.0681. The van der Waals surface area contributed by atoms with E-state index < -0.39 is 5.60 Å². The van der Waals surface area contributed by atoms with Gasteiger partial charge in [-0.1, -0.05) is 42.5 Å². The Labute approximate surface area is 173 Å². The molecule has 2 aromatic carbocycles. The molecule has 4 aliphatic rings. The average Bonchev–Trinajstić information content (AvgIpc) is 2.70. The van der Waals surface area contributed by atoms with Crippen molar-refractivity contribution >= 4 is 0 Å². The van der Waals surface area contributed by atoms with E-state index in [4.69, 9.17) is 9.47 Å². The molecule has 0 aromatic heterocycles. The van der Waals surface area contributed by atoms with Crippen molar-refractivity contribution in [3.8, 4) is 11.5 Å². The van der Waals surface area contributed by atoms with Crippen LogP contribution < -0.4 is 14.8 Å². The fraction of sp³-hybridized carbons (Fsp3) is 0.520. The van der Waals surface area contributed by atoms with Gasteiger partial charge in [0.2, 0.25) is 0 Å². The smallest absolute Gasteiger partial charge is 0.166 e. The van der Waals surface area contributed by atoms with Crippen molar-refractivity contribution in [3.05, 3.63) is 59.7 Å². The Morgan fingerprint density at radius 3 is 2.45 bits per heavy atom. The number of hydrogen-bond acceptors (Lipinski definition) is 4. The van der Waals surface area contributed by atoms with E-state index in [9.17, 15) is 5.11 Å². The fourth-order valence-corrected chi connectivity index (χ4v) is 6.46. The lowest BCUT2D eigenvalue weighted by molar-refractivity contribution is -0.142. The van der Waals surface area contributed by atoms with E-state index in [1.165, 1.54) is 19.3 Å². The maximum Gasteiger partial charge on any atom is 0.166 e. The molecule has 0 saturated heterocycles. The van der Waals surface area contributed by atoms with Gasteiger partial charge >= 0.3 is 0 Å². The molecule has 0 radical (unpaired) electrons.